The summed E-state index contributed by atoms with van der Waals surface area (Å²) in [6.45, 7) is 0. The lowest BCUT2D eigenvalue weighted by molar-refractivity contribution is 0.0696. The van der Waals surface area contributed by atoms with E-state index in [1.54, 1.807) is 0 Å². The first-order valence-corrected chi connectivity index (χ1v) is 7.70. The van der Waals surface area contributed by atoms with Crippen LogP contribution in [0.3, 0.4) is 0 Å². The molecule has 0 atom stereocenters. The van der Waals surface area contributed by atoms with Gasteiger partial charge in [-0.05, 0) is 30.3 Å². The summed E-state index contributed by atoms with van der Waals surface area (Å²) in [6.07, 6.45) is 0.960. The van der Waals surface area contributed by atoms with Crippen molar-refractivity contribution in [2.45, 2.75) is 5.03 Å². The number of aromatic carboxylic acids is 1. The summed E-state index contributed by atoms with van der Waals surface area (Å²) in [5.74, 6) is -1.19. The molecule has 0 radical (unpaired) electrons. The second-order valence-electron chi connectivity index (χ2n) is 3.95. The van der Waals surface area contributed by atoms with Crippen LogP contribution in [0, 0.1) is 0 Å². The number of hydrogen-bond donors (Lipinski definition) is 2. The molecule has 0 saturated heterocycles. The van der Waals surface area contributed by atoms with Gasteiger partial charge in [0.15, 0.2) is 5.03 Å². The largest absolute Gasteiger partial charge is 0.478 e. The molecule has 0 fully saturated rings. The smallest absolute Gasteiger partial charge is 0.337 e. The van der Waals surface area contributed by atoms with Crippen LogP contribution in [0.1, 0.15) is 10.4 Å². The lowest BCUT2D eigenvalue weighted by Crippen LogP contribution is -2.15. The number of sulfonamides is 1. The van der Waals surface area contributed by atoms with Gasteiger partial charge in [0.05, 0.1) is 11.3 Å². The molecule has 1 heterocycles. The molecule has 2 N–H and O–H groups in total. The fourth-order valence-corrected chi connectivity index (χ4v) is 2.98. The van der Waals surface area contributed by atoms with Crippen LogP contribution in [0.5, 0.6) is 0 Å². The maximum atomic E-state index is 12.1. The molecule has 1 aromatic heterocycles. The molecule has 0 amide bonds. The highest BCUT2D eigenvalue weighted by molar-refractivity contribution is 7.92. The Labute approximate surface area is 130 Å². The van der Waals surface area contributed by atoms with Crippen LogP contribution >= 0.6 is 23.2 Å². The van der Waals surface area contributed by atoms with Gasteiger partial charge in [-0.1, -0.05) is 23.2 Å². The van der Waals surface area contributed by atoms with E-state index < -0.39 is 16.0 Å². The molecule has 0 aliphatic heterocycles. The van der Waals surface area contributed by atoms with Gasteiger partial charge in [0, 0.05) is 16.2 Å². The number of carboxylic acid groups (broad SMARTS) is 1. The van der Waals surface area contributed by atoms with Crippen molar-refractivity contribution >= 4 is 44.9 Å². The number of benzene rings is 1. The number of anilines is 1. The molecule has 6 nitrogen and oxygen atoms in total. The quantitative estimate of drug-likeness (QED) is 0.887. The predicted octanol–water partition coefficient (Wildman–Crippen LogP) is 2.89. The van der Waals surface area contributed by atoms with E-state index in [0.29, 0.717) is 0 Å². The Morgan fingerprint density at radius 1 is 1.14 bits per heavy atom. The molecule has 110 valence electrons. The molecule has 0 spiro atoms. The van der Waals surface area contributed by atoms with Crippen molar-refractivity contribution in [1.82, 2.24) is 4.98 Å². The van der Waals surface area contributed by atoms with E-state index in [1.807, 2.05) is 0 Å². The lowest BCUT2D eigenvalue weighted by Gasteiger charge is -2.08. The molecular formula is C12H8Cl2N2O4S. The zero-order valence-electron chi connectivity index (χ0n) is 10.2. The first kappa shape index (κ1) is 15.6. The van der Waals surface area contributed by atoms with Crippen LogP contribution in [0.2, 0.25) is 10.0 Å². The van der Waals surface area contributed by atoms with Gasteiger partial charge in [-0.3, -0.25) is 4.72 Å². The monoisotopic (exact) mass is 346 g/mol. The van der Waals surface area contributed by atoms with Crippen molar-refractivity contribution < 1.29 is 18.3 Å². The topological polar surface area (TPSA) is 96.4 Å². The number of carbonyl (C=O) groups is 1. The second kappa shape index (κ2) is 5.88. The maximum Gasteiger partial charge on any atom is 0.337 e. The lowest BCUT2D eigenvalue weighted by atomic mass is 10.3. The highest BCUT2D eigenvalue weighted by Gasteiger charge is 2.17. The van der Waals surface area contributed by atoms with Crippen LogP contribution in [-0.4, -0.2) is 24.5 Å². The minimum absolute atomic E-state index is 0.111. The van der Waals surface area contributed by atoms with Crippen molar-refractivity contribution in [3.63, 3.8) is 0 Å². The van der Waals surface area contributed by atoms with Crippen molar-refractivity contribution in [1.29, 1.82) is 0 Å². The molecule has 21 heavy (non-hydrogen) atoms. The molecule has 0 saturated carbocycles. The summed E-state index contributed by atoms with van der Waals surface area (Å²) in [7, 11) is -3.96. The molecule has 0 unspecified atom stereocenters. The van der Waals surface area contributed by atoms with Gasteiger partial charge in [-0.25, -0.2) is 9.78 Å². The third-order valence-electron chi connectivity index (χ3n) is 2.37. The molecule has 2 rings (SSSR count). The molecule has 0 aliphatic carbocycles. The number of carboxylic acids is 1. The third kappa shape index (κ3) is 3.84. The van der Waals surface area contributed by atoms with Gasteiger partial charge in [0.2, 0.25) is 0 Å². The number of rotatable bonds is 4. The minimum atomic E-state index is -3.96. The SMILES string of the molecule is O=C(O)c1ccc(S(=O)(=O)Nc2cc(Cl)cc(Cl)c2)nc1. The zero-order valence-corrected chi connectivity index (χ0v) is 12.6. The Morgan fingerprint density at radius 3 is 2.24 bits per heavy atom. The fourth-order valence-electron chi connectivity index (χ4n) is 1.49. The van der Waals surface area contributed by atoms with Gasteiger partial charge in [0.25, 0.3) is 10.0 Å². The van der Waals surface area contributed by atoms with E-state index in [0.717, 1.165) is 18.3 Å². The summed E-state index contributed by atoms with van der Waals surface area (Å²) in [5.41, 5.74) is 0.0661. The Morgan fingerprint density at radius 2 is 1.76 bits per heavy atom. The van der Waals surface area contributed by atoms with Gasteiger partial charge in [0.1, 0.15) is 0 Å². The van der Waals surface area contributed by atoms with Crippen molar-refractivity contribution in [3.8, 4) is 0 Å². The third-order valence-corrected chi connectivity index (χ3v) is 4.11. The standard InChI is InChI=1S/C12H8Cl2N2O4S/c13-8-3-9(14)5-10(4-8)16-21(19,20)11-2-1-7(6-15-11)12(17)18/h1-6,16H,(H,17,18). The second-order valence-corrected chi connectivity index (χ2v) is 6.46. The summed E-state index contributed by atoms with van der Waals surface area (Å²) in [4.78, 5) is 14.3. The fraction of sp³-hybridized carbons (Fsp3) is 0. The summed E-state index contributed by atoms with van der Waals surface area (Å²) in [6, 6.07) is 6.47. The average Bonchev–Trinajstić information content (AvgIpc) is 2.37. The van der Waals surface area contributed by atoms with Gasteiger partial charge >= 0.3 is 5.97 Å². The summed E-state index contributed by atoms with van der Waals surface area (Å²) >= 11 is 11.6. The Kier molecular flexibility index (Phi) is 4.36. The van der Waals surface area contributed by atoms with Crippen molar-refractivity contribution in [2.24, 2.45) is 0 Å². The van der Waals surface area contributed by atoms with Crippen LogP contribution < -0.4 is 4.72 Å². The van der Waals surface area contributed by atoms with Gasteiger partial charge in [-0.15, -0.1) is 0 Å². The van der Waals surface area contributed by atoms with Crippen LogP contribution in [0.15, 0.2) is 41.6 Å². The van der Waals surface area contributed by atoms with E-state index >= 15 is 0 Å². The summed E-state index contributed by atoms with van der Waals surface area (Å²) in [5, 5.41) is 8.97. The predicted molar refractivity (Wildman–Crippen MR) is 78.5 cm³/mol. The van der Waals surface area contributed by atoms with Crippen molar-refractivity contribution in [3.05, 3.63) is 52.1 Å². The molecule has 0 aliphatic rings. The Balaban J connectivity index is 2.31. The normalized spacial score (nSPS) is 11.1. The van der Waals surface area contributed by atoms with Crippen LogP contribution in [0.4, 0.5) is 5.69 Å². The highest BCUT2D eigenvalue weighted by atomic mass is 35.5. The maximum absolute atomic E-state index is 12.1. The number of pyridine rings is 1. The molecular weight excluding hydrogens is 339 g/mol. The number of nitrogens with one attached hydrogen (secondary N) is 1. The zero-order chi connectivity index (χ0) is 15.6. The van der Waals surface area contributed by atoms with Crippen LogP contribution in [-0.2, 0) is 10.0 Å². The number of nitrogens with zero attached hydrogens (tertiary/aromatic N) is 1. The first-order valence-electron chi connectivity index (χ1n) is 5.46. The van der Waals surface area contributed by atoms with Gasteiger partial charge < -0.3 is 5.11 Å². The highest BCUT2D eigenvalue weighted by Crippen LogP contribution is 2.24. The van der Waals surface area contributed by atoms with Crippen molar-refractivity contribution in [2.75, 3.05) is 4.72 Å². The van der Waals surface area contributed by atoms with Crippen LogP contribution in [0.25, 0.3) is 0 Å². The first-order chi connectivity index (χ1) is 9.78. The van der Waals surface area contributed by atoms with E-state index in [1.165, 1.54) is 18.2 Å². The minimum Gasteiger partial charge on any atom is -0.478 e. The number of halogens is 2. The van der Waals surface area contributed by atoms with E-state index in [-0.39, 0.29) is 26.3 Å². The molecule has 1 aromatic carbocycles. The number of hydrogen-bond acceptors (Lipinski definition) is 4. The number of aromatic nitrogens is 1. The summed E-state index contributed by atoms with van der Waals surface area (Å²) < 4.78 is 26.5. The average molecular weight is 347 g/mol. The van der Waals surface area contributed by atoms with E-state index in [9.17, 15) is 13.2 Å². The van der Waals surface area contributed by atoms with E-state index in [2.05, 4.69) is 9.71 Å². The molecule has 0 bridgehead atoms. The molecule has 9 heteroatoms. The Bertz CT molecular complexity index is 771. The molecule has 2 aromatic rings. The Hall–Kier alpha value is -1.83. The van der Waals surface area contributed by atoms with E-state index in [4.69, 9.17) is 28.3 Å². The van der Waals surface area contributed by atoms with Gasteiger partial charge in [-0.2, -0.15) is 8.42 Å².